The average Bonchev–Trinajstić information content (AvgIpc) is 2.36. The van der Waals surface area contributed by atoms with Crippen LogP contribution < -0.4 is 11.3 Å². The first-order chi connectivity index (χ1) is 8.69. The van der Waals surface area contributed by atoms with E-state index < -0.39 is 0 Å². The Hall–Kier alpha value is -0.160. The lowest BCUT2D eigenvalue weighted by molar-refractivity contribution is 0.523. The highest BCUT2D eigenvalue weighted by Gasteiger charge is 2.23. The number of nitrogens with two attached hydrogens (primary N) is 1. The molecule has 1 aliphatic rings. The lowest BCUT2D eigenvalue weighted by Gasteiger charge is -2.29. The molecular formula is C14H22N2S2. The molecule has 1 heterocycles. The molecule has 0 spiro atoms. The highest BCUT2D eigenvalue weighted by atomic mass is 32.2. The molecule has 4 heteroatoms. The third-order valence-corrected chi connectivity index (χ3v) is 6.16. The Kier molecular flexibility index (Phi) is 5.42. The van der Waals surface area contributed by atoms with E-state index in [1.165, 1.54) is 33.9 Å². The van der Waals surface area contributed by atoms with Crippen LogP contribution in [0.15, 0.2) is 18.2 Å². The molecule has 0 aromatic heterocycles. The van der Waals surface area contributed by atoms with Crippen LogP contribution in [0.3, 0.4) is 0 Å². The molecule has 18 heavy (non-hydrogen) atoms. The first kappa shape index (κ1) is 14.3. The number of thioether (sulfide) groups is 2. The number of benzene rings is 1. The monoisotopic (exact) mass is 282 g/mol. The Balaban J connectivity index is 2.04. The van der Waals surface area contributed by atoms with Gasteiger partial charge >= 0.3 is 0 Å². The highest BCUT2D eigenvalue weighted by molar-refractivity contribution is 8.06. The largest absolute Gasteiger partial charge is 0.271 e. The van der Waals surface area contributed by atoms with Gasteiger partial charge in [0.05, 0.1) is 0 Å². The maximum absolute atomic E-state index is 5.75. The van der Waals surface area contributed by atoms with E-state index in [1.54, 1.807) is 0 Å². The summed E-state index contributed by atoms with van der Waals surface area (Å²) in [5.41, 5.74) is 7.10. The molecule has 100 valence electrons. The van der Waals surface area contributed by atoms with Gasteiger partial charge in [0.15, 0.2) is 0 Å². The maximum Gasteiger partial charge on any atom is 0.0377 e. The molecule has 3 N–H and O–H groups in total. The molecule has 0 amide bonds. The summed E-state index contributed by atoms with van der Waals surface area (Å²) in [4.78, 5) is 0. The number of nitrogens with one attached hydrogen (secondary N) is 1. The highest BCUT2D eigenvalue weighted by Crippen LogP contribution is 2.27. The fourth-order valence-corrected chi connectivity index (χ4v) is 5.35. The van der Waals surface area contributed by atoms with Gasteiger partial charge in [-0.1, -0.05) is 29.3 Å². The molecular weight excluding hydrogens is 260 g/mol. The van der Waals surface area contributed by atoms with E-state index in [9.17, 15) is 0 Å². The van der Waals surface area contributed by atoms with Crippen molar-refractivity contribution in [2.75, 3.05) is 17.3 Å². The second-order valence-electron chi connectivity index (χ2n) is 4.96. The molecule has 2 rings (SSSR count). The van der Waals surface area contributed by atoms with Crippen molar-refractivity contribution in [3.8, 4) is 0 Å². The molecule has 2 atom stereocenters. The van der Waals surface area contributed by atoms with Gasteiger partial charge in [-0.2, -0.15) is 23.5 Å². The van der Waals surface area contributed by atoms with Crippen LogP contribution in [0.1, 0.15) is 16.7 Å². The van der Waals surface area contributed by atoms with Gasteiger partial charge in [0.25, 0.3) is 0 Å². The lowest BCUT2D eigenvalue weighted by Crippen LogP contribution is -2.46. The molecule has 0 radical (unpaired) electrons. The summed E-state index contributed by atoms with van der Waals surface area (Å²) in [5.74, 6) is 9.50. The molecule has 0 saturated carbocycles. The van der Waals surface area contributed by atoms with Crippen LogP contribution in [0, 0.1) is 13.8 Å². The third kappa shape index (κ3) is 3.92. The van der Waals surface area contributed by atoms with Crippen LogP contribution >= 0.6 is 23.5 Å². The minimum Gasteiger partial charge on any atom is -0.271 e. The summed E-state index contributed by atoms with van der Waals surface area (Å²) in [6, 6.07) is 7.15. The van der Waals surface area contributed by atoms with E-state index >= 15 is 0 Å². The maximum atomic E-state index is 5.75. The summed E-state index contributed by atoms with van der Waals surface area (Å²) in [6.45, 7) is 4.32. The predicted octanol–water partition coefficient (Wildman–Crippen LogP) is 2.53. The molecule has 1 saturated heterocycles. The van der Waals surface area contributed by atoms with Gasteiger partial charge in [-0.3, -0.25) is 11.3 Å². The molecule has 0 aliphatic carbocycles. The van der Waals surface area contributed by atoms with Crippen molar-refractivity contribution in [1.29, 1.82) is 0 Å². The van der Waals surface area contributed by atoms with Crippen LogP contribution in [-0.4, -0.2) is 28.6 Å². The van der Waals surface area contributed by atoms with Crippen LogP contribution in [0.25, 0.3) is 0 Å². The van der Waals surface area contributed by atoms with Crippen molar-refractivity contribution in [2.45, 2.75) is 31.6 Å². The quantitative estimate of drug-likeness (QED) is 0.657. The molecule has 0 bridgehead atoms. The van der Waals surface area contributed by atoms with Gasteiger partial charge in [0, 0.05) is 28.6 Å². The molecule has 1 aromatic rings. The summed E-state index contributed by atoms with van der Waals surface area (Å²) >= 11 is 4.11. The number of aryl methyl sites for hydroxylation is 2. The lowest BCUT2D eigenvalue weighted by atomic mass is 10.00. The van der Waals surface area contributed by atoms with Gasteiger partial charge in [-0.15, -0.1) is 0 Å². The molecule has 1 aromatic carbocycles. The zero-order valence-electron chi connectivity index (χ0n) is 11.1. The Morgan fingerprint density at radius 2 is 2.00 bits per heavy atom. The van der Waals surface area contributed by atoms with Crippen molar-refractivity contribution in [1.82, 2.24) is 5.43 Å². The van der Waals surface area contributed by atoms with E-state index in [-0.39, 0.29) is 0 Å². The predicted molar refractivity (Wildman–Crippen MR) is 84.3 cm³/mol. The Morgan fingerprint density at radius 1 is 1.28 bits per heavy atom. The minimum atomic E-state index is 0.379. The normalized spacial score (nSPS) is 21.8. The summed E-state index contributed by atoms with van der Waals surface area (Å²) < 4.78 is 0. The SMILES string of the molecule is Cc1cc(C)cc(CC(NN)C2CSCCS2)c1. The topological polar surface area (TPSA) is 38.0 Å². The second-order valence-corrected chi connectivity index (χ2v) is 7.45. The van der Waals surface area contributed by atoms with Crippen LogP contribution in [0.5, 0.6) is 0 Å². The van der Waals surface area contributed by atoms with E-state index in [0.717, 1.165) is 6.42 Å². The van der Waals surface area contributed by atoms with E-state index in [4.69, 9.17) is 5.84 Å². The Morgan fingerprint density at radius 3 is 2.56 bits per heavy atom. The van der Waals surface area contributed by atoms with Crippen molar-refractivity contribution in [2.24, 2.45) is 5.84 Å². The Bertz CT molecular complexity index is 369. The summed E-state index contributed by atoms with van der Waals surface area (Å²) in [5, 5.41) is 0.634. The number of hydrogen-bond acceptors (Lipinski definition) is 4. The average molecular weight is 282 g/mol. The van der Waals surface area contributed by atoms with E-state index in [0.29, 0.717) is 11.3 Å². The molecule has 1 fully saturated rings. The summed E-state index contributed by atoms with van der Waals surface area (Å²) in [6.07, 6.45) is 1.03. The van der Waals surface area contributed by atoms with Gasteiger partial charge in [-0.05, 0) is 25.8 Å². The van der Waals surface area contributed by atoms with Gasteiger partial charge in [0.1, 0.15) is 0 Å². The van der Waals surface area contributed by atoms with E-state index in [1.807, 2.05) is 11.8 Å². The number of hydrazine groups is 1. The van der Waals surface area contributed by atoms with Crippen LogP contribution in [-0.2, 0) is 6.42 Å². The molecule has 1 aliphatic heterocycles. The smallest absolute Gasteiger partial charge is 0.0377 e. The van der Waals surface area contributed by atoms with Crippen LogP contribution in [0.4, 0.5) is 0 Å². The zero-order valence-corrected chi connectivity index (χ0v) is 12.7. The second kappa shape index (κ2) is 6.85. The first-order valence-corrected chi connectivity index (χ1v) is 8.62. The van der Waals surface area contributed by atoms with Crippen LogP contribution in [0.2, 0.25) is 0 Å². The van der Waals surface area contributed by atoms with Crippen molar-refractivity contribution >= 4 is 23.5 Å². The van der Waals surface area contributed by atoms with E-state index in [2.05, 4.69) is 49.2 Å². The number of rotatable bonds is 4. The third-order valence-electron chi connectivity index (χ3n) is 3.24. The van der Waals surface area contributed by atoms with Crippen molar-refractivity contribution in [3.05, 3.63) is 34.9 Å². The fourth-order valence-electron chi connectivity index (χ4n) is 2.48. The number of hydrogen-bond donors (Lipinski definition) is 2. The zero-order chi connectivity index (χ0) is 13.0. The molecule has 2 nitrogen and oxygen atoms in total. The van der Waals surface area contributed by atoms with Crippen molar-refractivity contribution in [3.63, 3.8) is 0 Å². The molecule has 2 unspecified atom stereocenters. The van der Waals surface area contributed by atoms with Gasteiger partial charge < -0.3 is 0 Å². The fraction of sp³-hybridized carbons (Fsp3) is 0.571. The summed E-state index contributed by atoms with van der Waals surface area (Å²) in [7, 11) is 0. The minimum absolute atomic E-state index is 0.379. The van der Waals surface area contributed by atoms with Gasteiger partial charge in [-0.25, -0.2) is 0 Å². The van der Waals surface area contributed by atoms with Crippen molar-refractivity contribution < 1.29 is 0 Å². The first-order valence-electron chi connectivity index (χ1n) is 6.41. The standard InChI is InChI=1S/C14H22N2S2/c1-10-5-11(2)7-12(6-10)8-13(16-15)14-9-17-3-4-18-14/h5-7,13-14,16H,3-4,8-9,15H2,1-2H3. The van der Waals surface area contributed by atoms with Gasteiger partial charge in [0.2, 0.25) is 0 Å². The Labute approximate surface area is 118 Å².